The molecule has 11 nitrogen and oxygen atoms in total. The fraction of sp³-hybridized carbons (Fsp3) is 0.360. The first kappa shape index (κ1) is 24.8. The van der Waals surface area contributed by atoms with Gasteiger partial charge in [-0.2, -0.15) is 18.3 Å². The highest BCUT2D eigenvalue weighted by atomic mass is 19.4. The summed E-state index contributed by atoms with van der Waals surface area (Å²) < 4.78 is 46.2. The Morgan fingerprint density at radius 2 is 1.90 bits per heavy atom. The number of hydrogen-bond donors (Lipinski definition) is 1. The Morgan fingerprint density at radius 1 is 1.10 bits per heavy atom. The van der Waals surface area contributed by atoms with Gasteiger partial charge in [0, 0.05) is 43.5 Å². The van der Waals surface area contributed by atoms with E-state index in [9.17, 15) is 18.0 Å². The first-order valence-corrected chi connectivity index (χ1v) is 12.2. The Morgan fingerprint density at radius 3 is 2.54 bits per heavy atom. The van der Waals surface area contributed by atoms with Crippen LogP contribution in [0.25, 0.3) is 22.6 Å². The third-order valence-corrected chi connectivity index (χ3v) is 6.91. The summed E-state index contributed by atoms with van der Waals surface area (Å²) in [5.41, 5.74) is 3.13. The zero-order valence-corrected chi connectivity index (χ0v) is 21.3. The molecule has 1 aliphatic carbocycles. The number of halogens is 3. The minimum absolute atomic E-state index is 0.115. The molecule has 1 saturated carbocycles. The molecular formula is C25H24F3N9O2. The fourth-order valence-corrected chi connectivity index (χ4v) is 4.80. The average Bonchev–Trinajstić information content (AvgIpc) is 3.60. The first-order valence-electron chi connectivity index (χ1n) is 12.2. The van der Waals surface area contributed by atoms with Gasteiger partial charge < -0.3 is 14.2 Å². The average molecular weight is 540 g/mol. The Bertz CT molecular complexity index is 1560. The Balaban J connectivity index is 1.37. The molecule has 2 aliphatic rings. The number of alkyl halides is 3. The number of nitrogens with zero attached hydrogens (tertiary/aromatic N) is 8. The monoisotopic (exact) mass is 539 g/mol. The summed E-state index contributed by atoms with van der Waals surface area (Å²) in [5.74, 6) is 1.16. The summed E-state index contributed by atoms with van der Waals surface area (Å²) >= 11 is 0. The Kier molecular flexibility index (Phi) is 5.77. The number of methoxy groups -OCH3 is 1. The van der Waals surface area contributed by atoms with Crippen LogP contribution < -0.4 is 9.64 Å². The van der Waals surface area contributed by atoms with Crippen LogP contribution in [0.4, 0.5) is 23.8 Å². The predicted molar refractivity (Wildman–Crippen MR) is 133 cm³/mol. The number of anilines is 1. The van der Waals surface area contributed by atoms with Gasteiger partial charge in [-0.1, -0.05) is 0 Å². The number of pyridine rings is 1. The van der Waals surface area contributed by atoms with Crippen molar-refractivity contribution in [1.29, 1.82) is 0 Å². The summed E-state index contributed by atoms with van der Waals surface area (Å²) in [6.07, 6.45) is 1.30. The summed E-state index contributed by atoms with van der Waals surface area (Å²) in [4.78, 5) is 33.4. The van der Waals surface area contributed by atoms with Gasteiger partial charge in [-0.15, -0.1) is 0 Å². The number of carbonyl (C=O) groups excluding carboxylic acids is 1. The zero-order chi connectivity index (χ0) is 27.5. The number of aryl methyl sites for hydroxylation is 1. The van der Waals surface area contributed by atoms with Gasteiger partial charge in [-0.05, 0) is 25.0 Å². The zero-order valence-electron chi connectivity index (χ0n) is 21.3. The predicted octanol–water partition coefficient (Wildman–Crippen LogP) is 4.14. The lowest BCUT2D eigenvalue weighted by atomic mass is 10.0. The van der Waals surface area contributed by atoms with Gasteiger partial charge in [-0.25, -0.2) is 24.7 Å². The van der Waals surface area contributed by atoms with Crippen molar-refractivity contribution in [2.75, 3.05) is 19.1 Å². The first-order chi connectivity index (χ1) is 18.7. The third kappa shape index (κ3) is 4.34. The van der Waals surface area contributed by atoms with Crippen LogP contribution in [-0.2, 0) is 26.3 Å². The second-order valence-corrected chi connectivity index (χ2v) is 9.64. The Labute approximate surface area is 220 Å². The molecule has 4 aromatic heterocycles. The van der Waals surface area contributed by atoms with E-state index in [-0.39, 0.29) is 24.9 Å². The maximum atomic E-state index is 13.4. The molecule has 0 atom stereocenters. The molecular weight excluding hydrogens is 515 g/mol. The van der Waals surface area contributed by atoms with Crippen molar-refractivity contribution in [3.05, 3.63) is 53.5 Å². The molecule has 39 heavy (non-hydrogen) atoms. The number of ether oxygens (including phenoxy) is 1. The third-order valence-electron chi connectivity index (χ3n) is 6.91. The van der Waals surface area contributed by atoms with Gasteiger partial charge in [0.05, 0.1) is 37.2 Å². The van der Waals surface area contributed by atoms with Gasteiger partial charge in [0.1, 0.15) is 23.7 Å². The van der Waals surface area contributed by atoms with Crippen LogP contribution >= 0.6 is 0 Å². The van der Waals surface area contributed by atoms with Crippen LogP contribution in [0, 0.1) is 0 Å². The highest BCUT2D eigenvalue weighted by Crippen LogP contribution is 2.46. The van der Waals surface area contributed by atoms with Crippen LogP contribution in [0.1, 0.15) is 41.4 Å². The molecule has 202 valence electrons. The molecule has 2 amide bonds. The van der Waals surface area contributed by atoms with Crippen LogP contribution in [0.15, 0.2) is 30.9 Å². The molecule has 1 N–H and O–H groups in total. The number of nitrogens with one attached hydrogen (secondary N) is 1. The number of rotatable bonds is 5. The maximum Gasteiger partial charge on any atom is 0.434 e. The standard InChI is InChI=1S/C25H24F3N9O2/c1-35-11-17(25(26,27)28)32-22(35)14-6-7-18(29-8-14)37-9-15-16(10-36(2)24(37)38)33-34-21(15)19-20(13-4-5-13)30-12-31-23(19)39-3/h6-8,11-13H,4-5,9-10H2,1-3H3,(H,33,34). The molecule has 0 aromatic carbocycles. The maximum absolute atomic E-state index is 13.4. The van der Waals surface area contributed by atoms with Gasteiger partial charge in [0.25, 0.3) is 0 Å². The van der Waals surface area contributed by atoms with Gasteiger partial charge >= 0.3 is 12.2 Å². The lowest BCUT2D eigenvalue weighted by Gasteiger charge is -2.24. The van der Waals surface area contributed by atoms with E-state index in [0.717, 1.165) is 36.0 Å². The summed E-state index contributed by atoms with van der Waals surface area (Å²) in [7, 11) is 4.70. The number of amides is 2. The Hall–Kier alpha value is -4.49. The second kappa shape index (κ2) is 9.06. The fourth-order valence-electron chi connectivity index (χ4n) is 4.80. The van der Waals surface area contributed by atoms with Crippen molar-refractivity contribution < 1.29 is 22.7 Å². The molecule has 1 fully saturated rings. The van der Waals surface area contributed by atoms with E-state index in [2.05, 4.69) is 30.1 Å². The van der Waals surface area contributed by atoms with E-state index >= 15 is 0 Å². The molecule has 0 radical (unpaired) electrons. The van der Waals surface area contributed by atoms with Crippen LogP contribution in [0.5, 0.6) is 5.88 Å². The molecule has 0 unspecified atom stereocenters. The van der Waals surface area contributed by atoms with Crippen LogP contribution in [-0.4, -0.2) is 59.8 Å². The SMILES string of the molecule is COc1ncnc(C2CC2)c1-c1n[nH]c2c1CN(c1ccc(-c3nc(C(F)(F)F)cn3C)cn1)C(=O)N(C)C2. The normalized spacial score (nSPS) is 15.9. The number of imidazole rings is 1. The van der Waals surface area contributed by atoms with Crippen molar-refractivity contribution in [1.82, 2.24) is 39.6 Å². The van der Waals surface area contributed by atoms with Gasteiger partial charge in [-0.3, -0.25) is 10.00 Å². The van der Waals surface area contributed by atoms with Crippen molar-refractivity contribution >= 4 is 11.8 Å². The highest BCUT2D eigenvalue weighted by Gasteiger charge is 2.36. The second-order valence-electron chi connectivity index (χ2n) is 9.64. The lowest BCUT2D eigenvalue weighted by molar-refractivity contribution is -0.140. The molecule has 14 heteroatoms. The van der Waals surface area contributed by atoms with Crippen LogP contribution in [0.2, 0.25) is 0 Å². The summed E-state index contributed by atoms with van der Waals surface area (Å²) in [6, 6.07) is 2.90. The van der Waals surface area contributed by atoms with Gasteiger partial charge in [0.15, 0.2) is 5.69 Å². The van der Waals surface area contributed by atoms with Gasteiger partial charge in [0.2, 0.25) is 5.88 Å². The number of fused-ring (bicyclic) bond motifs is 1. The van der Waals surface area contributed by atoms with E-state index in [1.165, 1.54) is 33.9 Å². The van der Waals surface area contributed by atoms with Crippen molar-refractivity contribution in [2.45, 2.75) is 38.0 Å². The number of aromatic nitrogens is 7. The minimum Gasteiger partial charge on any atom is -0.480 e. The van der Waals surface area contributed by atoms with Crippen molar-refractivity contribution in [3.8, 4) is 28.5 Å². The van der Waals surface area contributed by atoms with Crippen LogP contribution in [0.3, 0.4) is 0 Å². The quantitative estimate of drug-likeness (QED) is 0.405. The van der Waals surface area contributed by atoms with E-state index in [1.54, 1.807) is 26.3 Å². The van der Waals surface area contributed by atoms with E-state index in [4.69, 9.17) is 4.74 Å². The number of carbonyl (C=O) groups is 1. The van der Waals surface area contributed by atoms with E-state index < -0.39 is 11.9 Å². The molecule has 0 saturated heterocycles. The molecule has 6 rings (SSSR count). The number of hydrogen-bond acceptors (Lipinski definition) is 7. The minimum atomic E-state index is -4.56. The molecule has 4 aromatic rings. The smallest absolute Gasteiger partial charge is 0.434 e. The molecule has 0 bridgehead atoms. The summed E-state index contributed by atoms with van der Waals surface area (Å²) in [5, 5.41) is 7.66. The molecule has 5 heterocycles. The molecule has 0 spiro atoms. The highest BCUT2D eigenvalue weighted by molar-refractivity contribution is 5.92. The number of urea groups is 1. The topological polar surface area (TPSA) is 118 Å². The van der Waals surface area contributed by atoms with E-state index in [1.807, 2.05) is 0 Å². The lowest BCUT2D eigenvalue weighted by Crippen LogP contribution is -2.38. The van der Waals surface area contributed by atoms with Crippen molar-refractivity contribution in [2.24, 2.45) is 7.05 Å². The molecule has 1 aliphatic heterocycles. The van der Waals surface area contributed by atoms with E-state index in [0.29, 0.717) is 34.4 Å². The largest absolute Gasteiger partial charge is 0.480 e. The number of aromatic amines is 1. The van der Waals surface area contributed by atoms with Crippen molar-refractivity contribution in [3.63, 3.8) is 0 Å². The number of H-pyrrole nitrogens is 1. The summed E-state index contributed by atoms with van der Waals surface area (Å²) in [6.45, 7) is 0.442.